The molecule has 0 aromatic heterocycles. The van der Waals surface area contributed by atoms with Crippen LogP contribution in [0.25, 0.3) is 6.08 Å². The number of para-hydroxylation sites is 1. The standard InChI is InChI=1S/C27H22BrFN2O4/c1-3-18-8-4-5-10-23(18)31-26(33)21(25(32)30-27(31)34)13-17-14-22(28)20(24(15-17)35-2)12-16-7-6-9-19(29)11-16/h4-11,13-15H,3,12H2,1-2H3,(H,30,32,34)/b21-13-. The predicted octanol–water partition coefficient (Wildman–Crippen LogP) is 5.42. The second-order valence-electron chi connectivity index (χ2n) is 7.93. The molecule has 3 aromatic rings. The summed E-state index contributed by atoms with van der Waals surface area (Å²) >= 11 is 3.53. The molecule has 0 saturated carbocycles. The maximum absolute atomic E-state index is 13.6. The van der Waals surface area contributed by atoms with E-state index in [4.69, 9.17) is 4.74 Å². The lowest BCUT2D eigenvalue weighted by atomic mass is 10.00. The number of nitrogens with one attached hydrogen (secondary N) is 1. The lowest BCUT2D eigenvalue weighted by molar-refractivity contribution is -0.122. The number of methoxy groups -OCH3 is 1. The van der Waals surface area contributed by atoms with Crippen molar-refractivity contribution in [1.29, 1.82) is 0 Å². The fourth-order valence-electron chi connectivity index (χ4n) is 3.99. The number of benzene rings is 3. The maximum atomic E-state index is 13.6. The molecule has 0 radical (unpaired) electrons. The molecular formula is C27H22BrFN2O4. The van der Waals surface area contributed by atoms with Crippen molar-refractivity contribution in [1.82, 2.24) is 5.32 Å². The highest BCUT2D eigenvalue weighted by atomic mass is 79.9. The van der Waals surface area contributed by atoms with Gasteiger partial charge in [0.2, 0.25) is 0 Å². The number of nitrogens with zero attached hydrogens (tertiary/aromatic N) is 1. The van der Waals surface area contributed by atoms with Gasteiger partial charge in [0.1, 0.15) is 17.1 Å². The van der Waals surface area contributed by atoms with Crippen molar-refractivity contribution < 1.29 is 23.5 Å². The molecule has 8 heteroatoms. The van der Waals surface area contributed by atoms with Gasteiger partial charge in [0.05, 0.1) is 12.8 Å². The zero-order valence-electron chi connectivity index (χ0n) is 19.1. The lowest BCUT2D eigenvalue weighted by Crippen LogP contribution is -2.54. The third kappa shape index (κ3) is 5.02. The summed E-state index contributed by atoms with van der Waals surface area (Å²) in [6.07, 6.45) is 2.44. The van der Waals surface area contributed by atoms with Gasteiger partial charge in [-0.25, -0.2) is 14.1 Å². The van der Waals surface area contributed by atoms with E-state index in [-0.39, 0.29) is 11.4 Å². The Kier molecular flexibility index (Phi) is 7.12. The van der Waals surface area contributed by atoms with Gasteiger partial charge in [0, 0.05) is 16.5 Å². The highest BCUT2D eigenvalue weighted by Crippen LogP contribution is 2.33. The normalized spacial score (nSPS) is 14.9. The van der Waals surface area contributed by atoms with Gasteiger partial charge in [0.25, 0.3) is 11.8 Å². The summed E-state index contributed by atoms with van der Waals surface area (Å²) in [5.74, 6) is -1.31. The Hall–Kier alpha value is -3.78. The number of hydrogen-bond acceptors (Lipinski definition) is 4. The van der Waals surface area contributed by atoms with E-state index in [0.717, 1.165) is 21.6 Å². The first-order valence-corrected chi connectivity index (χ1v) is 11.7. The number of rotatable bonds is 6. The molecule has 1 saturated heterocycles. The first-order chi connectivity index (χ1) is 16.8. The Bertz CT molecular complexity index is 1370. The van der Waals surface area contributed by atoms with Crippen molar-refractivity contribution >= 4 is 45.5 Å². The van der Waals surface area contributed by atoms with Crippen LogP contribution in [0.1, 0.15) is 29.2 Å². The van der Waals surface area contributed by atoms with Crippen LogP contribution in [0.4, 0.5) is 14.9 Å². The average Bonchev–Trinajstić information content (AvgIpc) is 2.83. The van der Waals surface area contributed by atoms with E-state index in [9.17, 15) is 18.8 Å². The fourth-order valence-corrected chi connectivity index (χ4v) is 4.59. The molecule has 1 fully saturated rings. The van der Waals surface area contributed by atoms with Gasteiger partial charge in [-0.1, -0.05) is 53.2 Å². The number of anilines is 1. The molecule has 1 heterocycles. The van der Waals surface area contributed by atoms with E-state index in [1.165, 1.54) is 25.3 Å². The summed E-state index contributed by atoms with van der Waals surface area (Å²) in [6.45, 7) is 1.92. The Morgan fingerprint density at radius 3 is 2.54 bits per heavy atom. The highest BCUT2D eigenvalue weighted by molar-refractivity contribution is 9.10. The zero-order chi connectivity index (χ0) is 25.1. The monoisotopic (exact) mass is 536 g/mol. The van der Waals surface area contributed by atoms with Gasteiger partial charge in [-0.05, 0) is 59.5 Å². The number of urea groups is 1. The summed E-state index contributed by atoms with van der Waals surface area (Å²) in [4.78, 5) is 39.5. The van der Waals surface area contributed by atoms with Crippen LogP contribution in [0.3, 0.4) is 0 Å². The minimum absolute atomic E-state index is 0.178. The van der Waals surface area contributed by atoms with Gasteiger partial charge < -0.3 is 4.74 Å². The number of barbiturate groups is 1. The number of imide groups is 2. The fraction of sp³-hybridized carbons (Fsp3) is 0.148. The minimum Gasteiger partial charge on any atom is -0.496 e. The Balaban J connectivity index is 1.72. The molecule has 4 rings (SSSR count). The molecule has 1 aliphatic heterocycles. The Labute approximate surface area is 210 Å². The second kappa shape index (κ2) is 10.2. The summed E-state index contributed by atoms with van der Waals surface area (Å²) in [5, 5.41) is 2.25. The van der Waals surface area contributed by atoms with Crippen molar-refractivity contribution in [2.45, 2.75) is 19.8 Å². The van der Waals surface area contributed by atoms with E-state index in [1.807, 2.05) is 25.1 Å². The number of aryl methyl sites for hydroxylation is 1. The van der Waals surface area contributed by atoms with Crippen LogP contribution in [0.5, 0.6) is 5.75 Å². The molecule has 1 aliphatic rings. The van der Waals surface area contributed by atoms with Gasteiger partial charge in [-0.3, -0.25) is 14.9 Å². The summed E-state index contributed by atoms with van der Waals surface area (Å²) in [5.41, 5.74) is 3.13. The van der Waals surface area contributed by atoms with Gasteiger partial charge >= 0.3 is 6.03 Å². The summed E-state index contributed by atoms with van der Waals surface area (Å²) in [6, 6.07) is 16.0. The molecule has 178 valence electrons. The molecular weight excluding hydrogens is 515 g/mol. The number of carbonyl (C=O) groups excluding carboxylic acids is 3. The third-order valence-corrected chi connectivity index (χ3v) is 6.40. The SMILES string of the molecule is CCc1ccccc1N1C(=O)NC(=O)/C(=C/c2cc(Br)c(Cc3cccc(F)c3)c(OC)c2)C1=O. The third-order valence-electron chi connectivity index (χ3n) is 5.69. The summed E-state index contributed by atoms with van der Waals surface area (Å²) in [7, 11) is 1.51. The van der Waals surface area contributed by atoms with Crippen LogP contribution in [-0.2, 0) is 22.4 Å². The number of amides is 4. The average molecular weight is 537 g/mol. The van der Waals surface area contributed by atoms with E-state index < -0.39 is 17.8 Å². The van der Waals surface area contributed by atoms with Gasteiger partial charge in [-0.2, -0.15) is 0 Å². The molecule has 0 bridgehead atoms. The first kappa shape index (κ1) is 24.3. The Morgan fingerprint density at radius 1 is 1.06 bits per heavy atom. The predicted molar refractivity (Wildman–Crippen MR) is 135 cm³/mol. The van der Waals surface area contributed by atoms with Crippen molar-refractivity contribution in [3.05, 3.63) is 98.8 Å². The van der Waals surface area contributed by atoms with Crippen molar-refractivity contribution in [3.63, 3.8) is 0 Å². The molecule has 0 aliphatic carbocycles. The van der Waals surface area contributed by atoms with Crippen LogP contribution in [0.15, 0.2) is 70.7 Å². The second-order valence-corrected chi connectivity index (χ2v) is 8.78. The lowest BCUT2D eigenvalue weighted by Gasteiger charge is -2.28. The Morgan fingerprint density at radius 2 is 1.83 bits per heavy atom. The molecule has 4 amide bonds. The van der Waals surface area contributed by atoms with E-state index >= 15 is 0 Å². The molecule has 0 atom stereocenters. The van der Waals surface area contributed by atoms with Crippen LogP contribution < -0.4 is 15.0 Å². The van der Waals surface area contributed by atoms with Crippen LogP contribution in [0.2, 0.25) is 0 Å². The molecule has 6 nitrogen and oxygen atoms in total. The smallest absolute Gasteiger partial charge is 0.335 e. The van der Waals surface area contributed by atoms with E-state index in [2.05, 4.69) is 21.2 Å². The topological polar surface area (TPSA) is 75.7 Å². The maximum Gasteiger partial charge on any atom is 0.335 e. The van der Waals surface area contributed by atoms with Gasteiger partial charge in [0.15, 0.2) is 0 Å². The van der Waals surface area contributed by atoms with Crippen LogP contribution in [0, 0.1) is 5.82 Å². The van der Waals surface area contributed by atoms with Crippen molar-refractivity contribution in [3.8, 4) is 5.75 Å². The number of carbonyl (C=O) groups is 3. The van der Waals surface area contributed by atoms with Crippen LogP contribution >= 0.6 is 15.9 Å². The minimum atomic E-state index is -0.790. The van der Waals surface area contributed by atoms with Crippen molar-refractivity contribution in [2.24, 2.45) is 0 Å². The molecule has 0 spiro atoms. The number of ether oxygens (including phenoxy) is 1. The summed E-state index contributed by atoms with van der Waals surface area (Å²) < 4.78 is 19.8. The molecule has 3 aromatic carbocycles. The van der Waals surface area contributed by atoms with Crippen molar-refractivity contribution in [2.75, 3.05) is 12.0 Å². The van der Waals surface area contributed by atoms with E-state index in [1.54, 1.807) is 30.3 Å². The molecule has 1 N–H and O–H groups in total. The molecule has 35 heavy (non-hydrogen) atoms. The number of hydrogen-bond donors (Lipinski definition) is 1. The van der Waals surface area contributed by atoms with E-state index in [0.29, 0.717) is 34.3 Å². The van der Waals surface area contributed by atoms with Crippen LogP contribution in [-0.4, -0.2) is 25.0 Å². The first-order valence-electron chi connectivity index (χ1n) is 10.9. The zero-order valence-corrected chi connectivity index (χ0v) is 20.7. The van der Waals surface area contributed by atoms with Gasteiger partial charge in [-0.15, -0.1) is 0 Å². The quantitative estimate of drug-likeness (QED) is 0.337. The largest absolute Gasteiger partial charge is 0.496 e. The molecule has 0 unspecified atom stereocenters. The highest BCUT2D eigenvalue weighted by Gasteiger charge is 2.37. The number of halogens is 2.